The molecule has 0 heterocycles. The molecule has 4 atom stereocenters. The molecule has 94 valence electrons. The summed E-state index contributed by atoms with van der Waals surface area (Å²) in [5.41, 5.74) is 0.865. The zero-order valence-electron chi connectivity index (χ0n) is 11.2. The second-order valence-electron chi connectivity index (χ2n) is 6.09. The number of fused-ring (bicyclic) bond motifs is 1. The molecule has 2 aliphatic carbocycles. The maximum atomic E-state index is 12.0. The molecular formula is C15H22O2. The van der Waals surface area contributed by atoms with Gasteiger partial charge in [0.15, 0.2) is 5.78 Å². The average Bonchev–Trinajstić information content (AvgIpc) is 2.44. The molecule has 0 spiro atoms. The Morgan fingerprint density at radius 3 is 2.47 bits per heavy atom. The number of ketones is 2. The minimum absolute atomic E-state index is 0.0992. The highest BCUT2D eigenvalue weighted by Gasteiger charge is 2.45. The van der Waals surface area contributed by atoms with Crippen LogP contribution in [0.1, 0.15) is 40.5 Å². The first kappa shape index (κ1) is 12.5. The number of carbonyl (C=O) groups is 2. The quantitative estimate of drug-likeness (QED) is 0.699. The maximum absolute atomic E-state index is 12.0. The highest BCUT2D eigenvalue weighted by Crippen LogP contribution is 2.46. The minimum Gasteiger partial charge on any atom is -0.299 e. The smallest absolute Gasteiger partial charge is 0.158 e. The van der Waals surface area contributed by atoms with Gasteiger partial charge in [0.25, 0.3) is 0 Å². The Hall–Kier alpha value is -0.920. The van der Waals surface area contributed by atoms with Crippen molar-refractivity contribution in [1.82, 2.24) is 0 Å². The highest BCUT2D eigenvalue weighted by atomic mass is 16.1. The molecule has 0 N–H and O–H groups in total. The zero-order valence-corrected chi connectivity index (χ0v) is 11.2. The fourth-order valence-corrected chi connectivity index (χ4v) is 3.48. The van der Waals surface area contributed by atoms with Crippen molar-refractivity contribution in [3.63, 3.8) is 0 Å². The second-order valence-corrected chi connectivity index (χ2v) is 6.09. The number of allylic oxidation sites excluding steroid dienone is 2. The van der Waals surface area contributed by atoms with Crippen molar-refractivity contribution in [1.29, 1.82) is 0 Å². The van der Waals surface area contributed by atoms with Gasteiger partial charge in [0.05, 0.1) is 0 Å². The van der Waals surface area contributed by atoms with Crippen LogP contribution in [0, 0.1) is 29.6 Å². The summed E-state index contributed by atoms with van der Waals surface area (Å²) in [7, 11) is 0. The Balaban J connectivity index is 2.38. The molecule has 0 saturated heterocycles. The fraction of sp³-hybridized carbons (Fsp3) is 0.733. The normalized spacial score (nSPS) is 38.1. The van der Waals surface area contributed by atoms with Gasteiger partial charge in [-0.25, -0.2) is 0 Å². The fourth-order valence-electron chi connectivity index (χ4n) is 3.48. The van der Waals surface area contributed by atoms with Crippen LogP contribution in [-0.2, 0) is 9.59 Å². The number of rotatable bonds is 1. The van der Waals surface area contributed by atoms with Crippen LogP contribution in [0.3, 0.4) is 0 Å². The SMILES string of the molecule is CC1=C[C@@H]2[C@@H](CC(=O)[C@H]2C)[C@@H](C(C)C)CC1=O. The summed E-state index contributed by atoms with van der Waals surface area (Å²) in [6, 6.07) is 0. The Kier molecular flexibility index (Phi) is 3.24. The van der Waals surface area contributed by atoms with Crippen LogP contribution in [0.4, 0.5) is 0 Å². The van der Waals surface area contributed by atoms with E-state index in [1.54, 1.807) is 0 Å². The van der Waals surface area contributed by atoms with Crippen LogP contribution >= 0.6 is 0 Å². The summed E-state index contributed by atoms with van der Waals surface area (Å²) in [6.07, 6.45) is 3.37. The van der Waals surface area contributed by atoms with Crippen LogP contribution in [-0.4, -0.2) is 11.6 Å². The van der Waals surface area contributed by atoms with Gasteiger partial charge in [-0.2, -0.15) is 0 Å². The van der Waals surface area contributed by atoms with Gasteiger partial charge in [0, 0.05) is 18.8 Å². The van der Waals surface area contributed by atoms with Crippen molar-refractivity contribution in [3.8, 4) is 0 Å². The summed E-state index contributed by atoms with van der Waals surface area (Å²) < 4.78 is 0. The molecule has 0 unspecified atom stereocenters. The molecule has 0 aromatic rings. The third kappa shape index (κ3) is 2.10. The molecule has 0 aliphatic heterocycles. The molecule has 2 rings (SSSR count). The molecule has 2 heteroatoms. The predicted octanol–water partition coefficient (Wildman–Crippen LogP) is 3.02. The monoisotopic (exact) mass is 234 g/mol. The number of carbonyl (C=O) groups excluding carboxylic acids is 2. The van der Waals surface area contributed by atoms with Gasteiger partial charge >= 0.3 is 0 Å². The Morgan fingerprint density at radius 2 is 1.88 bits per heavy atom. The lowest BCUT2D eigenvalue weighted by atomic mass is 9.75. The summed E-state index contributed by atoms with van der Waals surface area (Å²) in [6.45, 7) is 8.26. The molecule has 0 amide bonds. The predicted molar refractivity (Wildman–Crippen MR) is 67.5 cm³/mol. The first-order valence-electron chi connectivity index (χ1n) is 6.66. The van der Waals surface area contributed by atoms with Crippen molar-refractivity contribution in [2.24, 2.45) is 29.6 Å². The van der Waals surface area contributed by atoms with Crippen LogP contribution < -0.4 is 0 Å². The third-order valence-electron chi connectivity index (χ3n) is 4.73. The molecule has 0 bridgehead atoms. The van der Waals surface area contributed by atoms with Gasteiger partial charge in [-0.3, -0.25) is 9.59 Å². The number of hydrogen-bond donors (Lipinski definition) is 0. The molecule has 17 heavy (non-hydrogen) atoms. The maximum Gasteiger partial charge on any atom is 0.158 e. The second kappa shape index (κ2) is 4.40. The molecule has 1 saturated carbocycles. The van der Waals surface area contributed by atoms with Crippen LogP contribution in [0.2, 0.25) is 0 Å². The van der Waals surface area contributed by atoms with Crippen molar-refractivity contribution in [2.45, 2.75) is 40.5 Å². The lowest BCUT2D eigenvalue weighted by molar-refractivity contribution is -0.121. The van der Waals surface area contributed by atoms with Gasteiger partial charge in [0.2, 0.25) is 0 Å². The van der Waals surface area contributed by atoms with Gasteiger partial charge < -0.3 is 0 Å². The third-order valence-corrected chi connectivity index (χ3v) is 4.73. The van der Waals surface area contributed by atoms with E-state index in [0.29, 0.717) is 42.3 Å². The lowest BCUT2D eigenvalue weighted by Gasteiger charge is -2.28. The van der Waals surface area contributed by atoms with Crippen LogP contribution in [0.25, 0.3) is 0 Å². The van der Waals surface area contributed by atoms with E-state index in [1.165, 1.54) is 0 Å². The summed E-state index contributed by atoms with van der Waals surface area (Å²) in [5.74, 6) is 2.28. The molecule has 0 radical (unpaired) electrons. The summed E-state index contributed by atoms with van der Waals surface area (Å²) >= 11 is 0. The van der Waals surface area contributed by atoms with E-state index in [4.69, 9.17) is 0 Å². The van der Waals surface area contributed by atoms with E-state index in [0.717, 1.165) is 5.57 Å². The molecule has 2 nitrogen and oxygen atoms in total. The van der Waals surface area contributed by atoms with E-state index < -0.39 is 0 Å². The van der Waals surface area contributed by atoms with Gasteiger partial charge in [0.1, 0.15) is 5.78 Å². The first-order chi connectivity index (χ1) is 7.91. The molecule has 0 aromatic carbocycles. The topological polar surface area (TPSA) is 34.1 Å². The van der Waals surface area contributed by atoms with Crippen LogP contribution in [0.15, 0.2) is 11.6 Å². The lowest BCUT2D eigenvalue weighted by Crippen LogP contribution is -2.24. The van der Waals surface area contributed by atoms with Crippen molar-refractivity contribution in [2.75, 3.05) is 0 Å². The summed E-state index contributed by atoms with van der Waals surface area (Å²) in [4.78, 5) is 23.9. The number of hydrogen-bond acceptors (Lipinski definition) is 2. The largest absolute Gasteiger partial charge is 0.299 e. The van der Waals surface area contributed by atoms with Crippen molar-refractivity contribution in [3.05, 3.63) is 11.6 Å². The Bertz CT molecular complexity index is 378. The molecule has 1 fully saturated rings. The van der Waals surface area contributed by atoms with Crippen molar-refractivity contribution >= 4 is 11.6 Å². The highest BCUT2D eigenvalue weighted by molar-refractivity contribution is 5.96. The molecule has 0 aromatic heterocycles. The first-order valence-corrected chi connectivity index (χ1v) is 6.66. The van der Waals surface area contributed by atoms with Crippen LogP contribution in [0.5, 0.6) is 0 Å². The standard InChI is InChI=1S/C15H22O2/c1-8(2)11-6-14(16)9(3)5-12-10(4)15(17)7-13(11)12/h5,8,10-13H,6-7H2,1-4H3/t10-,11+,12-,13-/m0/s1. The van der Waals surface area contributed by atoms with E-state index in [9.17, 15) is 9.59 Å². The molecular weight excluding hydrogens is 212 g/mol. The van der Waals surface area contributed by atoms with E-state index in [2.05, 4.69) is 19.9 Å². The van der Waals surface area contributed by atoms with Gasteiger partial charge in [-0.15, -0.1) is 0 Å². The van der Waals surface area contributed by atoms with E-state index >= 15 is 0 Å². The average molecular weight is 234 g/mol. The van der Waals surface area contributed by atoms with E-state index in [1.807, 2.05) is 13.8 Å². The summed E-state index contributed by atoms with van der Waals surface area (Å²) in [5, 5.41) is 0. The molecule has 2 aliphatic rings. The van der Waals surface area contributed by atoms with Crippen molar-refractivity contribution < 1.29 is 9.59 Å². The number of Topliss-reactive ketones (excluding diaryl/α,β-unsaturated/α-hetero) is 2. The zero-order chi connectivity index (χ0) is 12.7. The minimum atomic E-state index is 0.0992. The Labute approximate surface area is 103 Å². The van der Waals surface area contributed by atoms with E-state index in [-0.39, 0.29) is 11.7 Å². The van der Waals surface area contributed by atoms with Gasteiger partial charge in [-0.05, 0) is 36.2 Å². The Morgan fingerprint density at radius 1 is 1.24 bits per heavy atom. The van der Waals surface area contributed by atoms with Gasteiger partial charge in [-0.1, -0.05) is 26.8 Å².